The quantitative estimate of drug-likeness (QED) is 0.712. The highest BCUT2D eigenvalue weighted by Gasteiger charge is 2.13. The molecule has 1 atom stereocenters. The Morgan fingerprint density at radius 3 is 2.85 bits per heavy atom. The third-order valence-corrected chi connectivity index (χ3v) is 3.35. The fraction of sp³-hybridized carbons (Fsp3) is 0.615. The van der Waals surface area contributed by atoms with Crippen LogP contribution in [-0.4, -0.2) is 36.1 Å². The van der Waals surface area contributed by atoms with Crippen LogP contribution < -0.4 is 10.6 Å². The van der Waals surface area contributed by atoms with E-state index in [9.17, 15) is 9.59 Å². The third-order valence-electron chi connectivity index (χ3n) is 2.53. The normalized spacial score (nSPS) is 11.8. The molecule has 20 heavy (non-hydrogen) atoms. The van der Waals surface area contributed by atoms with Crippen LogP contribution in [-0.2, 0) is 20.7 Å². The number of hydrogen-bond acceptors (Lipinski definition) is 6. The highest BCUT2D eigenvalue weighted by molar-refractivity contribution is 7.13. The number of nitrogens with zero attached hydrogens (tertiary/aromatic N) is 1. The molecule has 1 rings (SSSR count). The summed E-state index contributed by atoms with van der Waals surface area (Å²) in [7, 11) is 0. The van der Waals surface area contributed by atoms with Gasteiger partial charge >= 0.3 is 5.97 Å². The van der Waals surface area contributed by atoms with Gasteiger partial charge in [0.1, 0.15) is 6.04 Å². The Morgan fingerprint density at radius 1 is 1.45 bits per heavy atom. The van der Waals surface area contributed by atoms with E-state index >= 15 is 0 Å². The predicted molar refractivity (Wildman–Crippen MR) is 78.8 cm³/mol. The lowest BCUT2D eigenvalue weighted by Gasteiger charge is -2.11. The van der Waals surface area contributed by atoms with E-state index in [1.165, 1.54) is 11.3 Å². The van der Waals surface area contributed by atoms with Crippen molar-refractivity contribution in [2.24, 2.45) is 0 Å². The molecule has 0 bridgehead atoms. The number of amides is 1. The van der Waals surface area contributed by atoms with Crippen molar-refractivity contribution in [1.29, 1.82) is 0 Å². The second kappa shape index (κ2) is 8.52. The van der Waals surface area contributed by atoms with Crippen molar-refractivity contribution < 1.29 is 14.3 Å². The summed E-state index contributed by atoms with van der Waals surface area (Å²) >= 11 is 1.42. The summed E-state index contributed by atoms with van der Waals surface area (Å²) in [6, 6.07) is -0.334. The molecule has 1 heterocycles. The zero-order chi connectivity index (χ0) is 15.0. The summed E-state index contributed by atoms with van der Waals surface area (Å²) in [4.78, 5) is 27.2. The van der Waals surface area contributed by atoms with Crippen molar-refractivity contribution in [1.82, 2.24) is 10.3 Å². The number of esters is 1. The lowest BCUT2D eigenvalue weighted by molar-refractivity contribution is -0.143. The number of nitrogens with one attached hydrogen (secondary N) is 2. The zero-order valence-electron chi connectivity index (χ0n) is 12.1. The molecule has 7 heteroatoms. The molecule has 0 radical (unpaired) electrons. The topological polar surface area (TPSA) is 80.3 Å². The van der Waals surface area contributed by atoms with Gasteiger partial charge < -0.3 is 15.4 Å². The van der Waals surface area contributed by atoms with Crippen LogP contribution in [0.3, 0.4) is 0 Å². The maximum Gasteiger partial charge on any atom is 0.306 e. The molecule has 6 nitrogen and oxygen atoms in total. The second-order valence-electron chi connectivity index (χ2n) is 4.21. The number of aromatic nitrogens is 1. The lowest BCUT2D eigenvalue weighted by atomic mass is 10.2. The Bertz CT molecular complexity index is 448. The maximum absolute atomic E-state index is 11.6. The van der Waals surface area contributed by atoms with Crippen molar-refractivity contribution in [3.05, 3.63) is 11.1 Å². The summed E-state index contributed by atoms with van der Waals surface area (Å²) in [6.45, 7) is 6.44. The van der Waals surface area contributed by atoms with E-state index < -0.39 is 0 Å². The Hall–Kier alpha value is -1.63. The van der Waals surface area contributed by atoms with Crippen molar-refractivity contribution >= 4 is 28.3 Å². The van der Waals surface area contributed by atoms with Gasteiger partial charge in [0.2, 0.25) is 5.91 Å². The van der Waals surface area contributed by atoms with E-state index in [-0.39, 0.29) is 17.9 Å². The summed E-state index contributed by atoms with van der Waals surface area (Å²) in [5.41, 5.74) is 0.827. The summed E-state index contributed by atoms with van der Waals surface area (Å²) in [6.07, 6.45) is 0.870. The first-order chi connectivity index (χ1) is 9.56. The van der Waals surface area contributed by atoms with E-state index in [4.69, 9.17) is 4.74 Å². The van der Waals surface area contributed by atoms with Crippen LogP contribution in [0.1, 0.15) is 32.9 Å². The van der Waals surface area contributed by atoms with E-state index in [1.807, 2.05) is 12.3 Å². The van der Waals surface area contributed by atoms with Gasteiger partial charge in [0.05, 0.1) is 18.7 Å². The van der Waals surface area contributed by atoms with Gasteiger partial charge in [0.25, 0.3) is 0 Å². The molecule has 2 N–H and O–H groups in total. The molecule has 0 spiro atoms. The van der Waals surface area contributed by atoms with E-state index in [1.54, 1.807) is 13.8 Å². The zero-order valence-corrected chi connectivity index (χ0v) is 12.9. The largest absolute Gasteiger partial charge is 0.466 e. The number of ether oxygens (including phenoxy) is 1. The second-order valence-corrected chi connectivity index (χ2v) is 5.07. The van der Waals surface area contributed by atoms with Gasteiger partial charge in [-0.05, 0) is 20.8 Å². The number of hydrogen-bond donors (Lipinski definition) is 2. The third kappa shape index (κ3) is 5.56. The fourth-order valence-electron chi connectivity index (χ4n) is 1.53. The molecule has 0 aliphatic heterocycles. The number of anilines is 1. The Balaban J connectivity index is 2.43. The first-order valence-electron chi connectivity index (χ1n) is 6.71. The van der Waals surface area contributed by atoms with E-state index in [2.05, 4.69) is 15.6 Å². The van der Waals surface area contributed by atoms with Crippen LogP contribution in [0.25, 0.3) is 0 Å². The average molecular weight is 299 g/mol. The lowest BCUT2D eigenvalue weighted by Crippen LogP contribution is -2.37. The highest BCUT2D eigenvalue weighted by Crippen LogP contribution is 2.17. The molecule has 1 aromatic rings. The van der Waals surface area contributed by atoms with Gasteiger partial charge in [-0.25, -0.2) is 4.98 Å². The Morgan fingerprint density at radius 2 is 2.20 bits per heavy atom. The molecule has 0 aliphatic carbocycles. The fourth-order valence-corrected chi connectivity index (χ4v) is 2.36. The standard InChI is InChI=1S/C13H21N3O3S/c1-4-14-12(18)9(3)15-13-16-10(8-20-13)6-7-11(17)19-5-2/h8-9H,4-7H2,1-3H3,(H,14,18)(H,15,16). The Kier molecular flexibility index (Phi) is 7.00. The van der Waals surface area contributed by atoms with Gasteiger partial charge in [-0.1, -0.05) is 0 Å². The maximum atomic E-state index is 11.6. The molecule has 1 aromatic heterocycles. The van der Waals surface area contributed by atoms with E-state index in [0.717, 1.165) is 5.69 Å². The highest BCUT2D eigenvalue weighted by atomic mass is 32.1. The minimum atomic E-state index is -0.334. The number of aryl methyl sites for hydroxylation is 1. The SMILES string of the molecule is CCNC(=O)C(C)Nc1nc(CCC(=O)OCC)cs1. The minimum Gasteiger partial charge on any atom is -0.466 e. The first kappa shape index (κ1) is 16.4. The molecule has 0 saturated carbocycles. The van der Waals surface area contributed by atoms with Crippen molar-refractivity contribution in [3.8, 4) is 0 Å². The predicted octanol–water partition coefficient (Wildman–Crippen LogP) is 1.58. The van der Waals surface area contributed by atoms with Crippen molar-refractivity contribution in [3.63, 3.8) is 0 Å². The summed E-state index contributed by atoms with van der Waals surface area (Å²) in [5.74, 6) is -0.276. The smallest absolute Gasteiger partial charge is 0.306 e. The summed E-state index contributed by atoms with van der Waals surface area (Å²) < 4.78 is 4.86. The number of thiazole rings is 1. The van der Waals surface area contributed by atoms with Gasteiger partial charge in [-0.2, -0.15) is 0 Å². The van der Waals surface area contributed by atoms with Gasteiger partial charge in [0.15, 0.2) is 5.13 Å². The van der Waals surface area contributed by atoms with Crippen LogP contribution in [0.4, 0.5) is 5.13 Å². The van der Waals surface area contributed by atoms with E-state index in [0.29, 0.717) is 31.1 Å². The van der Waals surface area contributed by atoms with Crippen LogP contribution in [0.5, 0.6) is 0 Å². The van der Waals surface area contributed by atoms with Crippen LogP contribution in [0.15, 0.2) is 5.38 Å². The van der Waals surface area contributed by atoms with Crippen molar-refractivity contribution in [2.75, 3.05) is 18.5 Å². The first-order valence-corrected chi connectivity index (χ1v) is 7.59. The molecule has 0 saturated heterocycles. The summed E-state index contributed by atoms with van der Waals surface area (Å²) in [5, 5.41) is 8.34. The molecular formula is C13H21N3O3S. The number of carbonyl (C=O) groups excluding carboxylic acids is 2. The van der Waals surface area contributed by atoms with Gasteiger partial charge in [-0.15, -0.1) is 11.3 Å². The van der Waals surface area contributed by atoms with Crippen molar-refractivity contribution in [2.45, 2.75) is 39.7 Å². The Labute approximate surface area is 122 Å². The molecule has 112 valence electrons. The average Bonchev–Trinajstić information content (AvgIpc) is 2.84. The monoisotopic (exact) mass is 299 g/mol. The molecular weight excluding hydrogens is 278 g/mol. The van der Waals surface area contributed by atoms with Crippen LogP contribution >= 0.6 is 11.3 Å². The molecule has 0 aromatic carbocycles. The number of carbonyl (C=O) groups is 2. The van der Waals surface area contributed by atoms with Gasteiger partial charge in [0, 0.05) is 18.3 Å². The molecule has 0 fully saturated rings. The minimum absolute atomic E-state index is 0.0595. The van der Waals surface area contributed by atoms with Crippen LogP contribution in [0.2, 0.25) is 0 Å². The van der Waals surface area contributed by atoms with Gasteiger partial charge in [-0.3, -0.25) is 9.59 Å². The number of rotatable bonds is 8. The molecule has 1 amide bonds. The number of likely N-dealkylation sites (N-methyl/N-ethyl adjacent to an activating group) is 1. The molecule has 0 aliphatic rings. The van der Waals surface area contributed by atoms with Crippen LogP contribution in [0, 0.1) is 0 Å². The molecule has 1 unspecified atom stereocenters.